The Bertz CT molecular complexity index is 260. The fourth-order valence-corrected chi connectivity index (χ4v) is 0.383. The van der Waals surface area contributed by atoms with Crippen LogP contribution in [0.1, 0.15) is 13.8 Å². The maximum Gasteiger partial charge on any atom is 0.257 e. The molecule has 0 rings (SSSR count). The predicted octanol–water partition coefficient (Wildman–Crippen LogP) is -0.299. The van der Waals surface area contributed by atoms with Gasteiger partial charge in [-0.1, -0.05) is 0 Å². The van der Waals surface area contributed by atoms with E-state index >= 15 is 0 Å². The van der Waals surface area contributed by atoms with Gasteiger partial charge in [0.2, 0.25) is 0 Å². The third-order valence-electron chi connectivity index (χ3n) is 1.37. The molecule has 0 radical (unpaired) electrons. The van der Waals surface area contributed by atoms with E-state index in [-0.39, 0.29) is 0 Å². The number of rotatable bonds is 4. The number of azo groups is 1. The molecule has 8 heteroatoms. The van der Waals surface area contributed by atoms with Gasteiger partial charge < -0.3 is 11.5 Å². The minimum absolute atomic E-state index is 0.779. The lowest BCUT2D eigenvalue weighted by molar-refractivity contribution is -0.121. The zero-order valence-electron chi connectivity index (χ0n) is 7.76. The highest BCUT2D eigenvalue weighted by molar-refractivity contribution is 7.83. The number of nitrogens with zero attached hydrogens (tertiary/aromatic N) is 2. The van der Waals surface area contributed by atoms with Crippen molar-refractivity contribution in [1.82, 2.24) is 0 Å². The van der Waals surface area contributed by atoms with Crippen LogP contribution in [-0.2, 0) is 9.59 Å². The molecular formula is C6H12N4O2S2. The minimum Gasteiger partial charge on any atom is -0.367 e. The van der Waals surface area contributed by atoms with Crippen LogP contribution in [-0.4, -0.2) is 21.6 Å². The van der Waals surface area contributed by atoms with Crippen molar-refractivity contribution in [2.24, 2.45) is 21.7 Å². The summed E-state index contributed by atoms with van der Waals surface area (Å²) in [7, 11) is 0. The summed E-state index contributed by atoms with van der Waals surface area (Å²) in [4.78, 5) is 18.6. The molecule has 2 unspecified atom stereocenters. The molecule has 0 heterocycles. The van der Waals surface area contributed by atoms with Gasteiger partial charge in [-0.3, -0.25) is 9.59 Å². The Morgan fingerprint density at radius 3 is 1.36 bits per heavy atom. The van der Waals surface area contributed by atoms with E-state index < -0.39 is 21.6 Å². The van der Waals surface area contributed by atoms with Crippen LogP contribution in [0.3, 0.4) is 0 Å². The summed E-state index contributed by atoms with van der Waals surface area (Å²) in [6.45, 7) is 2.68. The minimum atomic E-state index is -1.47. The van der Waals surface area contributed by atoms with Crippen molar-refractivity contribution in [3.63, 3.8) is 0 Å². The van der Waals surface area contributed by atoms with E-state index in [2.05, 4.69) is 35.5 Å². The first-order valence-corrected chi connectivity index (χ1v) is 4.47. The van der Waals surface area contributed by atoms with Gasteiger partial charge in [-0.05, 0) is 13.8 Å². The quantitative estimate of drug-likeness (QED) is 0.397. The fourth-order valence-electron chi connectivity index (χ4n) is 0.293. The van der Waals surface area contributed by atoms with Crippen LogP contribution >= 0.6 is 25.3 Å². The molecule has 0 fully saturated rings. The Labute approximate surface area is 92.3 Å². The number of amides is 2. The molecule has 14 heavy (non-hydrogen) atoms. The van der Waals surface area contributed by atoms with E-state index in [4.69, 9.17) is 11.5 Å². The third-order valence-corrected chi connectivity index (χ3v) is 1.99. The molecule has 0 spiro atoms. The Morgan fingerprint density at radius 2 is 1.21 bits per heavy atom. The van der Waals surface area contributed by atoms with Crippen molar-refractivity contribution in [3.8, 4) is 0 Å². The molecule has 0 aliphatic heterocycles. The third kappa shape index (κ3) is 3.54. The topological polar surface area (TPSA) is 111 Å². The monoisotopic (exact) mass is 236 g/mol. The van der Waals surface area contributed by atoms with Gasteiger partial charge in [-0.15, -0.1) is 25.3 Å². The molecule has 6 nitrogen and oxygen atoms in total. The highest BCUT2D eigenvalue weighted by Crippen LogP contribution is 2.21. The number of primary amides is 2. The summed E-state index contributed by atoms with van der Waals surface area (Å²) >= 11 is 7.68. The van der Waals surface area contributed by atoms with E-state index in [1.54, 1.807) is 0 Å². The molecule has 4 N–H and O–H groups in total. The van der Waals surface area contributed by atoms with Crippen molar-refractivity contribution in [3.05, 3.63) is 0 Å². The van der Waals surface area contributed by atoms with Gasteiger partial charge in [0, 0.05) is 0 Å². The highest BCUT2D eigenvalue weighted by atomic mass is 32.1. The molecule has 80 valence electrons. The summed E-state index contributed by atoms with van der Waals surface area (Å²) < 4.78 is 0. The standard InChI is InChI=1S/C6H12N4O2S2/c1-5(13,3(7)11)9-10-6(2,14)4(8)12/h13-14H,1-2H3,(H2,7,11)(H2,8,12). The van der Waals surface area contributed by atoms with Crippen LogP contribution in [0, 0.1) is 0 Å². The van der Waals surface area contributed by atoms with Gasteiger partial charge in [-0.25, -0.2) is 0 Å². The van der Waals surface area contributed by atoms with Gasteiger partial charge >= 0.3 is 0 Å². The lowest BCUT2D eigenvalue weighted by Crippen LogP contribution is -2.37. The van der Waals surface area contributed by atoms with Crippen molar-refractivity contribution >= 4 is 37.1 Å². The van der Waals surface area contributed by atoms with Gasteiger partial charge in [0.15, 0.2) is 9.74 Å². The molecular weight excluding hydrogens is 224 g/mol. The second-order valence-electron chi connectivity index (χ2n) is 2.97. The van der Waals surface area contributed by atoms with Crippen LogP contribution in [0.25, 0.3) is 0 Å². The van der Waals surface area contributed by atoms with Crippen LogP contribution in [0.5, 0.6) is 0 Å². The number of hydrogen-bond acceptors (Lipinski definition) is 6. The molecule has 2 atom stereocenters. The lowest BCUT2D eigenvalue weighted by atomic mass is 10.3. The van der Waals surface area contributed by atoms with E-state index in [0.717, 1.165) is 0 Å². The number of carbonyl (C=O) groups excluding carboxylic acids is 2. The number of nitrogens with two attached hydrogens (primary N) is 2. The normalized spacial score (nSPS) is 20.0. The number of carbonyl (C=O) groups is 2. The summed E-state index contributed by atoms with van der Waals surface area (Å²) in [6, 6.07) is 0. The first kappa shape index (κ1) is 13.2. The van der Waals surface area contributed by atoms with Crippen LogP contribution in [0.2, 0.25) is 0 Å². The average molecular weight is 236 g/mol. The molecule has 0 bridgehead atoms. The van der Waals surface area contributed by atoms with Crippen molar-refractivity contribution < 1.29 is 9.59 Å². The maximum atomic E-state index is 10.8. The van der Waals surface area contributed by atoms with Gasteiger partial charge in [0.05, 0.1) is 0 Å². The van der Waals surface area contributed by atoms with E-state index in [0.29, 0.717) is 0 Å². The largest absolute Gasteiger partial charge is 0.367 e. The first-order valence-electron chi connectivity index (χ1n) is 3.58. The summed E-state index contributed by atoms with van der Waals surface area (Å²) in [5, 5.41) is 6.97. The van der Waals surface area contributed by atoms with Crippen LogP contribution in [0.4, 0.5) is 0 Å². The molecule has 0 saturated carbocycles. The predicted molar refractivity (Wildman–Crippen MR) is 58.0 cm³/mol. The van der Waals surface area contributed by atoms with E-state index in [9.17, 15) is 9.59 Å². The Morgan fingerprint density at radius 1 is 1.00 bits per heavy atom. The van der Waals surface area contributed by atoms with E-state index in [1.807, 2.05) is 0 Å². The Balaban J connectivity index is 4.76. The second-order valence-corrected chi connectivity index (χ2v) is 4.71. The van der Waals surface area contributed by atoms with Crippen LogP contribution < -0.4 is 11.5 Å². The first-order chi connectivity index (χ1) is 6.09. The maximum absolute atomic E-state index is 10.8. The Kier molecular flexibility index (Phi) is 3.95. The van der Waals surface area contributed by atoms with Gasteiger partial charge in [0.1, 0.15) is 0 Å². The molecule has 0 aromatic rings. The molecule has 0 aliphatic carbocycles. The zero-order valence-corrected chi connectivity index (χ0v) is 9.55. The number of hydrogen-bond donors (Lipinski definition) is 4. The Hall–Kier alpha value is -0.760. The van der Waals surface area contributed by atoms with Crippen molar-refractivity contribution in [2.45, 2.75) is 23.6 Å². The van der Waals surface area contributed by atoms with Crippen molar-refractivity contribution in [2.75, 3.05) is 0 Å². The van der Waals surface area contributed by atoms with E-state index in [1.165, 1.54) is 13.8 Å². The average Bonchev–Trinajstić information content (AvgIpc) is 2.01. The molecule has 0 aromatic carbocycles. The SMILES string of the molecule is CC(S)(N=NC(C)(S)C(N)=O)C(N)=O. The van der Waals surface area contributed by atoms with Gasteiger partial charge in [-0.2, -0.15) is 10.2 Å². The molecule has 2 amide bonds. The zero-order chi connectivity index (χ0) is 11.6. The summed E-state index contributed by atoms with van der Waals surface area (Å²) in [5.74, 6) is -1.56. The molecule has 0 saturated heterocycles. The lowest BCUT2D eigenvalue weighted by Gasteiger charge is -2.16. The fraction of sp³-hybridized carbons (Fsp3) is 0.667. The highest BCUT2D eigenvalue weighted by Gasteiger charge is 2.30. The smallest absolute Gasteiger partial charge is 0.257 e. The summed E-state index contributed by atoms with van der Waals surface area (Å²) in [6.07, 6.45) is 0. The molecule has 0 aromatic heterocycles. The van der Waals surface area contributed by atoms with Crippen molar-refractivity contribution in [1.29, 1.82) is 0 Å². The van der Waals surface area contributed by atoms with Crippen LogP contribution in [0.15, 0.2) is 10.2 Å². The number of thiol groups is 2. The second kappa shape index (κ2) is 4.18. The van der Waals surface area contributed by atoms with Gasteiger partial charge in [0.25, 0.3) is 11.8 Å². The summed E-state index contributed by atoms with van der Waals surface area (Å²) in [5.41, 5.74) is 9.93. The molecule has 0 aliphatic rings.